The number of halogens is 3. The second-order valence-electron chi connectivity index (χ2n) is 6.39. The van der Waals surface area contributed by atoms with Crippen molar-refractivity contribution < 1.29 is 13.2 Å². The highest BCUT2D eigenvalue weighted by Crippen LogP contribution is 2.41. The maximum absolute atomic E-state index is 13.3. The average molecular weight is 324 g/mol. The molecule has 0 bridgehead atoms. The lowest BCUT2D eigenvalue weighted by atomic mass is 9.74. The van der Waals surface area contributed by atoms with E-state index in [1.54, 1.807) is 12.1 Å². The summed E-state index contributed by atoms with van der Waals surface area (Å²) < 4.78 is 39.8. The van der Waals surface area contributed by atoms with Crippen molar-refractivity contribution in [3.05, 3.63) is 42.2 Å². The number of pyridine rings is 1. The Morgan fingerprint density at radius 2 is 2.04 bits per heavy atom. The molecule has 0 spiro atoms. The molecule has 1 aliphatic carbocycles. The Balaban J connectivity index is 2.39. The van der Waals surface area contributed by atoms with E-state index in [0.29, 0.717) is 17.1 Å². The highest BCUT2D eigenvalue weighted by molar-refractivity contribution is 5.79. The molecule has 0 amide bonds. The summed E-state index contributed by atoms with van der Waals surface area (Å²) in [6.07, 6.45) is 0.623. The maximum atomic E-state index is 13.3. The van der Waals surface area contributed by atoms with E-state index in [1.165, 1.54) is 13.1 Å². The van der Waals surface area contributed by atoms with Crippen LogP contribution in [0.4, 0.5) is 13.2 Å². The van der Waals surface area contributed by atoms with Gasteiger partial charge in [0.25, 0.3) is 0 Å². The van der Waals surface area contributed by atoms with Gasteiger partial charge in [-0.3, -0.25) is 4.98 Å². The number of aromatic nitrogens is 1. The van der Waals surface area contributed by atoms with E-state index in [4.69, 9.17) is 5.73 Å². The monoisotopic (exact) mass is 324 g/mol. The fourth-order valence-corrected chi connectivity index (χ4v) is 3.47. The van der Waals surface area contributed by atoms with E-state index in [-0.39, 0.29) is 17.7 Å². The molecule has 1 fully saturated rings. The number of alkyl halides is 3. The fraction of sp³-hybridized carbons (Fsp3) is 0.500. The van der Waals surface area contributed by atoms with Gasteiger partial charge in [0.15, 0.2) is 0 Å². The van der Waals surface area contributed by atoms with E-state index < -0.39 is 11.7 Å². The van der Waals surface area contributed by atoms with Crippen molar-refractivity contribution in [2.45, 2.75) is 45.3 Å². The summed E-state index contributed by atoms with van der Waals surface area (Å²) in [5.74, 6) is 0.549. The van der Waals surface area contributed by atoms with Crippen molar-refractivity contribution >= 4 is 11.1 Å². The molecule has 2 rings (SSSR count). The van der Waals surface area contributed by atoms with Crippen LogP contribution in [0, 0.1) is 11.8 Å². The zero-order chi connectivity index (χ0) is 17.2. The van der Waals surface area contributed by atoms with E-state index in [1.807, 2.05) is 0 Å². The number of rotatable bonds is 3. The van der Waals surface area contributed by atoms with Gasteiger partial charge in [0.2, 0.25) is 0 Å². The lowest BCUT2D eigenvalue weighted by Gasteiger charge is -2.33. The van der Waals surface area contributed by atoms with Crippen LogP contribution in [0.2, 0.25) is 0 Å². The van der Waals surface area contributed by atoms with Crippen LogP contribution in [-0.2, 0) is 0 Å². The van der Waals surface area contributed by atoms with Crippen LogP contribution in [0.5, 0.6) is 0 Å². The van der Waals surface area contributed by atoms with Crippen molar-refractivity contribution in [2.75, 3.05) is 0 Å². The first kappa shape index (κ1) is 17.7. The largest absolute Gasteiger partial charge is 0.418 e. The van der Waals surface area contributed by atoms with Crippen LogP contribution >= 0.6 is 0 Å². The van der Waals surface area contributed by atoms with Gasteiger partial charge < -0.3 is 5.73 Å². The van der Waals surface area contributed by atoms with E-state index in [2.05, 4.69) is 18.5 Å². The third-order valence-corrected chi connectivity index (χ3v) is 4.47. The summed E-state index contributed by atoms with van der Waals surface area (Å²) in [4.78, 5) is 3.99. The molecular formula is C18H23F3N2. The molecule has 126 valence electrons. The second kappa shape index (κ2) is 6.87. The molecule has 0 aliphatic heterocycles. The third kappa shape index (κ3) is 4.02. The third-order valence-electron chi connectivity index (χ3n) is 4.47. The minimum Gasteiger partial charge on any atom is -0.328 e. The summed E-state index contributed by atoms with van der Waals surface area (Å²) in [5.41, 5.74) is 6.50. The first-order valence-corrected chi connectivity index (χ1v) is 7.87. The van der Waals surface area contributed by atoms with Crippen molar-refractivity contribution in [3.8, 4) is 0 Å². The Morgan fingerprint density at radius 3 is 2.61 bits per heavy atom. The quantitative estimate of drug-likeness (QED) is 0.865. The van der Waals surface area contributed by atoms with Gasteiger partial charge in [-0.1, -0.05) is 25.6 Å². The lowest BCUT2D eigenvalue weighted by molar-refractivity contribution is -0.0692. The minimum absolute atomic E-state index is 0.0423. The normalized spacial score (nSPS) is 26.2. The standard InChI is InChI=1S/C18H23F3N2/c1-4-16(18(19,20)21)17-15(6-5-7-23-17)12(3)13-8-11(2)9-14(22)10-13/h4-7,11,13-14H,3,8-10,22H2,1-2H3/b16-4+/t11-,13-,14-/m0/s1. The predicted octanol–water partition coefficient (Wildman–Crippen LogP) is 4.82. The molecule has 3 atom stereocenters. The molecule has 0 unspecified atom stereocenters. The second-order valence-corrected chi connectivity index (χ2v) is 6.39. The zero-order valence-corrected chi connectivity index (χ0v) is 13.5. The number of allylic oxidation sites excluding steroid dienone is 3. The number of hydrogen-bond donors (Lipinski definition) is 1. The van der Waals surface area contributed by atoms with Crippen LogP contribution in [0.15, 0.2) is 31.0 Å². The minimum atomic E-state index is -4.44. The van der Waals surface area contributed by atoms with Gasteiger partial charge in [-0.05, 0) is 49.7 Å². The van der Waals surface area contributed by atoms with Crippen molar-refractivity contribution in [2.24, 2.45) is 17.6 Å². The van der Waals surface area contributed by atoms with Crippen molar-refractivity contribution in [3.63, 3.8) is 0 Å². The summed E-state index contributed by atoms with van der Waals surface area (Å²) in [5, 5.41) is 0. The summed E-state index contributed by atoms with van der Waals surface area (Å²) in [6, 6.07) is 3.40. The summed E-state index contributed by atoms with van der Waals surface area (Å²) >= 11 is 0. The highest BCUT2D eigenvalue weighted by Gasteiger charge is 2.37. The predicted molar refractivity (Wildman–Crippen MR) is 87.5 cm³/mol. The number of nitrogens with zero attached hydrogens (tertiary/aromatic N) is 1. The first-order chi connectivity index (χ1) is 10.7. The zero-order valence-electron chi connectivity index (χ0n) is 13.5. The molecule has 0 aromatic carbocycles. The molecule has 0 saturated heterocycles. The molecule has 1 aliphatic rings. The lowest BCUT2D eigenvalue weighted by Crippen LogP contribution is -2.32. The molecule has 2 nitrogen and oxygen atoms in total. The van der Waals surface area contributed by atoms with Crippen LogP contribution in [0.1, 0.15) is 44.4 Å². The molecule has 1 heterocycles. The van der Waals surface area contributed by atoms with Crippen molar-refractivity contribution in [1.82, 2.24) is 4.98 Å². The Hall–Kier alpha value is -1.62. The smallest absolute Gasteiger partial charge is 0.328 e. The Morgan fingerprint density at radius 1 is 1.35 bits per heavy atom. The van der Waals surface area contributed by atoms with Crippen LogP contribution in [0.25, 0.3) is 11.1 Å². The van der Waals surface area contributed by atoms with E-state index >= 15 is 0 Å². The van der Waals surface area contributed by atoms with Crippen LogP contribution in [0.3, 0.4) is 0 Å². The van der Waals surface area contributed by atoms with Crippen LogP contribution in [-0.4, -0.2) is 17.2 Å². The molecule has 0 radical (unpaired) electrons. The topological polar surface area (TPSA) is 38.9 Å². The SMILES string of the molecule is C=C(c1cccnc1/C(=C\C)C(F)(F)F)[C@H]1C[C@H](C)C[C@H](N)C1. The Kier molecular flexibility index (Phi) is 5.30. The van der Waals surface area contributed by atoms with Gasteiger partial charge >= 0.3 is 6.18 Å². The van der Waals surface area contributed by atoms with Gasteiger partial charge in [-0.2, -0.15) is 13.2 Å². The molecule has 5 heteroatoms. The molecule has 1 saturated carbocycles. The van der Waals surface area contributed by atoms with E-state index in [9.17, 15) is 13.2 Å². The van der Waals surface area contributed by atoms with Gasteiger partial charge in [0.1, 0.15) is 0 Å². The maximum Gasteiger partial charge on any atom is 0.418 e. The summed E-state index contributed by atoms with van der Waals surface area (Å²) in [7, 11) is 0. The number of hydrogen-bond acceptors (Lipinski definition) is 2. The van der Waals surface area contributed by atoms with Gasteiger partial charge in [0, 0.05) is 17.8 Å². The Labute approximate surface area is 135 Å². The van der Waals surface area contributed by atoms with E-state index in [0.717, 1.165) is 25.3 Å². The molecule has 2 N–H and O–H groups in total. The summed E-state index contributed by atoms with van der Waals surface area (Å²) in [6.45, 7) is 7.59. The average Bonchev–Trinajstić information content (AvgIpc) is 2.45. The molecule has 1 aromatic heterocycles. The molecule has 1 aromatic rings. The van der Waals surface area contributed by atoms with Crippen LogP contribution < -0.4 is 5.73 Å². The molecular weight excluding hydrogens is 301 g/mol. The van der Waals surface area contributed by atoms with Gasteiger partial charge in [-0.25, -0.2) is 0 Å². The Bertz CT molecular complexity index is 595. The van der Waals surface area contributed by atoms with Gasteiger partial charge in [0.05, 0.1) is 11.3 Å². The molecule has 23 heavy (non-hydrogen) atoms. The van der Waals surface area contributed by atoms with Gasteiger partial charge in [-0.15, -0.1) is 0 Å². The fourth-order valence-electron chi connectivity index (χ4n) is 3.47. The van der Waals surface area contributed by atoms with Crippen molar-refractivity contribution in [1.29, 1.82) is 0 Å². The first-order valence-electron chi connectivity index (χ1n) is 7.87. The number of nitrogens with two attached hydrogens (primary N) is 1. The highest BCUT2D eigenvalue weighted by atomic mass is 19.4.